The predicted molar refractivity (Wildman–Crippen MR) is 82.7 cm³/mol. The molecule has 106 valence electrons. The fourth-order valence-corrected chi connectivity index (χ4v) is 3.00. The lowest BCUT2D eigenvalue weighted by Gasteiger charge is -2.04. The Morgan fingerprint density at radius 3 is 2.81 bits per heavy atom. The van der Waals surface area contributed by atoms with Crippen LogP contribution in [-0.2, 0) is 0 Å². The SMILES string of the molecule is Cc1ccc2nc(Nc3cc(O)cc(C(=O)O)c3)sc2c1. The second-order valence-corrected chi connectivity index (χ2v) is 5.72. The topological polar surface area (TPSA) is 82.5 Å². The molecule has 0 saturated carbocycles. The largest absolute Gasteiger partial charge is 0.508 e. The highest BCUT2D eigenvalue weighted by molar-refractivity contribution is 7.22. The minimum Gasteiger partial charge on any atom is -0.508 e. The quantitative estimate of drug-likeness (QED) is 0.686. The maximum atomic E-state index is 11.0. The Kier molecular flexibility index (Phi) is 3.23. The van der Waals surface area contributed by atoms with E-state index in [-0.39, 0.29) is 11.3 Å². The molecular formula is C15H12N2O3S. The Morgan fingerprint density at radius 2 is 2.05 bits per heavy atom. The van der Waals surface area contributed by atoms with Crippen LogP contribution >= 0.6 is 11.3 Å². The molecule has 6 heteroatoms. The summed E-state index contributed by atoms with van der Waals surface area (Å²) in [7, 11) is 0. The van der Waals surface area contributed by atoms with E-state index in [1.54, 1.807) is 0 Å². The van der Waals surface area contributed by atoms with Crippen molar-refractivity contribution in [1.29, 1.82) is 0 Å². The van der Waals surface area contributed by atoms with Crippen LogP contribution in [0.2, 0.25) is 0 Å². The molecule has 2 aromatic carbocycles. The zero-order valence-corrected chi connectivity index (χ0v) is 11.9. The van der Waals surface area contributed by atoms with Crippen molar-refractivity contribution in [3.05, 3.63) is 47.5 Å². The monoisotopic (exact) mass is 300 g/mol. The van der Waals surface area contributed by atoms with Gasteiger partial charge in [-0.2, -0.15) is 0 Å². The number of carbonyl (C=O) groups is 1. The number of carboxylic acids is 1. The molecule has 0 amide bonds. The van der Waals surface area contributed by atoms with Crippen molar-refractivity contribution >= 4 is 38.3 Å². The molecule has 0 aliphatic rings. The van der Waals surface area contributed by atoms with Gasteiger partial charge in [-0.25, -0.2) is 9.78 Å². The molecule has 0 radical (unpaired) electrons. The lowest BCUT2D eigenvalue weighted by atomic mass is 10.2. The van der Waals surface area contributed by atoms with E-state index in [1.165, 1.54) is 29.5 Å². The molecule has 1 aromatic heterocycles. The van der Waals surface area contributed by atoms with Crippen molar-refractivity contribution in [2.45, 2.75) is 6.92 Å². The van der Waals surface area contributed by atoms with Gasteiger partial charge >= 0.3 is 5.97 Å². The van der Waals surface area contributed by atoms with E-state index in [1.807, 2.05) is 25.1 Å². The first-order chi connectivity index (χ1) is 10.0. The lowest BCUT2D eigenvalue weighted by Crippen LogP contribution is -1.98. The first kappa shape index (κ1) is 13.4. The predicted octanol–water partition coefficient (Wildman–Crippen LogP) is 3.75. The second-order valence-electron chi connectivity index (χ2n) is 4.69. The number of phenols is 1. The molecule has 0 fully saturated rings. The molecular weight excluding hydrogens is 288 g/mol. The molecule has 3 aromatic rings. The van der Waals surface area contributed by atoms with Crippen molar-refractivity contribution in [3.63, 3.8) is 0 Å². The number of hydrogen-bond acceptors (Lipinski definition) is 5. The highest BCUT2D eigenvalue weighted by Gasteiger charge is 2.09. The Morgan fingerprint density at radius 1 is 1.24 bits per heavy atom. The number of carboxylic acid groups (broad SMARTS) is 1. The summed E-state index contributed by atoms with van der Waals surface area (Å²) in [4.78, 5) is 15.4. The average molecular weight is 300 g/mol. The number of fused-ring (bicyclic) bond motifs is 1. The van der Waals surface area contributed by atoms with Gasteiger partial charge in [0.25, 0.3) is 0 Å². The maximum absolute atomic E-state index is 11.0. The summed E-state index contributed by atoms with van der Waals surface area (Å²) in [5.74, 6) is -1.19. The van der Waals surface area contributed by atoms with Gasteiger partial charge in [0.2, 0.25) is 0 Å². The summed E-state index contributed by atoms with van der Waals surface area (Å²) in [5.41, 5.74) is 2.55. The van der Waals surface area contributed by atoms with Crippen LogP contribution in [0.5, 0.6) is 5.75 Å². The summed E-state index contributed by atoms with van der Waals surface area (Å²) in [5, 5.41) is 22.3. The molecule has 0 unspecified atom stereocenters. The van der Waals surface area contributed by atoms with Crippen molar-refractivity contribution in [1.82, 2.24) is 4.98 Å². The third kappa shape index (κ3) is 2.80. The van der Waals surface area contributed by atoms with Gasteiger partial charge in [-0.05, 0) is 36.8 Å². The number of aromatic carboxylic acids is 1. The van der Waals surface area contributed by atoms with Gasteiger partial charge in [0, 0.05) is 11.8 Å². The number of thiazole rings is 1. The molecule has 0 bridgehead atoms. The van der Waals surface area contributed by atoms with Crippen molar-refractivity contribution < 1.29 is 15.0 Å². The summed E-state index contributed by atoms with van der Waals surface area (Å²) < 4.78 is 1.05. The minimum absolute atomic E-state index is 0.0226. The third-order valence-corrected chi connectivity index (χ3v) is 3.89. The zero-order chi connectivity index (χ0) is 15.0. The van der Waals surface area contributed by atoms with Crippen molar-refractivity contribution in [3.8, 4) is 5.75 Å². The second kappa shape index (κ2) is 5.06. The number of aromatic nitrogens is 1. The molecule has 0 atom stereocenters. The fraction of sp³-hybridized carbons (Fsp3) is 0.0667. The van der Waals surface area contributed by atoms with Crippen LogP contribution in [0.3, 0.4) is 0 Å². The van der Waals surface area contributed by atoms with E-state index in [0.29, 0.717) is 10.8 Å². The molecule has 21 heavy (non-hydrogen) atoms. The number of aryl methyl sites for hydroxylation is 1. The molecule has 0 spiro atoms. The van der Waals surface area contributed by atoms with Gasteiger partial charge in [0.1, 0.15) is 5.75 Å². The van der Waals surface area contributed by atoms with E-state index in [4.69, 9.17) is 5.11 Å². The van der Waals surface area contributed by atoms with Crippen LogP contribution in [0.1, 0.15) is 15.9 Å². The molecule has 0 aliphatic carbocycles. The zero-order valence-electron chi connectivity index (χ0n) is 11.1. The highest BCUT2D eigenvalue weighted by Crippen LogP contribution is 2.30. The first-order valence-corrected chi connectivity index (χ1v) is 7.04. The Labute approximate surface area is 124 Å². The summed E-state index contributed by atoms with van der Waals surface area (Å²) in [6.45, 7) is 2.01. The summed E-state index contributed by atoms with van der Waals surface area (Å²) in [6.07, 6.45) is 0. The number of benzene rings is 2. The van der Waals surface area contributed by atoms with Crippen LogP contribution < -0.4 is 5.32 Å². The number of hydrogen-bond donors (Lipinski definition) is 3. The van der Waals surface area contributed by atoms with Crippen LogP contribution in [0.4, 0.5) is 10.8 Å². The summed E-state index contributed by atoms with van der Waals surface area (Å²) >= 11 is 1.48. The number of rotatable bonds is 3. The van der Waals surface area contributed by atoms with Crippen molar-refractivity contribution in [2.24, 2.45) is 0 Å². The number of nitrogens with zero attached hydrogens (tertiary/aromatic N) is 1. The Balaban J connectivity index is 1.96. The van der Waals surface area contributed by atoms with Gasteiger partial charge in [-0.15, -0.1) is 0 Å². The third-order valence-electron chi connectivity index (χ3n) is 2.96. The molecule has 0 aliphatic heterocycles. The average Bonchev–Trinajstić information content (AvgIpc) is 2.79. The molecule has 0 saturated heterocycles. The lowest BCUT2D eigenvalue weighted by molar-refractivity contribution is 0.0696. The molecule has 5 nitrogen and oxygen atoms in total. The van der Waals surface area contributed by atoms with Crippen LogP contribution in [0, 0.1) is 6.92 Å². The van der Waals surface area contributed by atoms with E-state index in [0.717, 1.165) is 15.8 Å². The number of aromatic hydroxyl groups is 1. The summed E-state index contributed by atoms with van der Waals surface area (Å²) in [6, 6.07) is 10.1. The van der Waals surface area contributed by atoms with Crippen molar-refractivity contribution in [2.75, 3.05) is 5.32 Å². The first-order valence-electron chi connectivity index (χ1n) is 6.23. The molecule has 3 N–H and O–H groups in total. The Hall–Kier alpha value is -2.60. The molecule has 1 heterocycles. The van der Waals surface area contributed by atoms with E-state index < -0.39 is 5.97 Å². The minimum atomic E-state index is -1.09. The van der Waals surface area contributed by atoms with Crippen LogP contribution in [0.25, 0.3) is 10.2 Å². The number of phenolic OH excluding ortho intramolecular Hbond substituents is 1. The highest BCUT2D eigenvalue weighted by atomic mass is 32.1. The molecule has 3 rings (SSSR count). The Bertz CT molecular complexity index is 842. The van der Waals surface area contributed by atoms with Gasteiger partial charge in [-0.1, -0.05) is 17.4 Å². The van der Waals surface area contributed by atoms with E-state index in [9.17, 15) is 9.90 Å². The smallest absolute Gasteiger partial charge is 0.335 e. The van der Waals surface area contributed by atoms with Gasteiger partial charge in [0.05, 0.1) is 15.8 Å². The van der Waals surface area contributed by atoms with Crippen LogP contribution in [-0.4, -0.2) is 21.2 Å². The normalized spacial score (nSPS) is 10.7. The van der Waals surface area contributed by atoms with E-state index in [2.05, 4.69) is 10.3 Å². The standard InChI is InChI=1S/C15H12N2O3S/c1-8-2-3-12-13(4-8)21-15(17-12)16-10-5-9(14(19)20)6-11(18)7-10/h2-7,18H,1H3,(H,16,17)(H,19,20). The van der Waals surface area contributed by atoms with Gasteiger partial charge in [0.15, 0.2) is 5.13 Å². The number of anilines is 2. The fourth-order valence-electron chi connectivity index (χ4n) is 2.02. The number of nitrogens with one attached hydrogen (secondary N) is 1. The maximum Gasteiger partial charge on any atom is 0.335 e. The van der Waals surface area contributed by atoms with Gasteiger partial charge < -0.3 is 15.5 Å². The van der Waals surface area contributed by atoms with Crippen LogP contribution in [0.15, 0.2) is 36.4 Å². The van der Waals surface area contributed by atoms with E-state index >= 15 is 0 Å². The van der Waals surface area contributed by atoms with Gasteiger partial charge in [-0.3, -0.25) is 0 Å².